The number of benzene rings is 2. The summed E-state index contributed by atoms with van der Waals surface area (Å²) in [5, 5.41) is 15.0. The Hall–Kier alpha value is -2.72. The van der Waals surface area contributed by atoms with Crippen molar-refractivity contribution in [2.45, 2.75) is 11.1 Å². The van der Waals surface area contributed by atoms with E-state index in [9.17, 15) is 17.9 Å². The van der Waals surface area contributed by atoms with Crippen LogP contribution in [0.5, 0.6) is 0 Å². The molecule has 1 heterocycles. The molecule has 8 nitrogen and oxygen atoms in total. The highest BCUT2D eigenvalue weighted by molar-refractivity contribution is 7.89. The number of nitrogens with one attached hydrogen (secondary N) is 2. The molecule has 1 fully saturated rings. The Morgan fingerprint density at radius 2 is 1.94 bits per heavy atom. The van der Waals surface area contributed by atoms with Gasteiger partial charge in [-0.05, 0) is 31.3 Å². The Labute approximate surface area is 197 Å². The number of piperazine rings is 1. The van der Waals surface area contributed by atoms with Crippen molar-refractivity contribution in [3.05, 3.63) is 76.9 Å². The second-order valence-electron chi connectivity index (χ2n) is 7.21. The van der Waals surface area contributed by atoms with Crippen LogP contribution in [-0.2, 0) is 10.0 Å². The predicted molar refractivity (Wildman–Crippen MR) is 127 cm³/mol. The van der Waals surface area contributed by atoms with Crippen LogP contribution in [0.3, 0.4) is 0 Å². The highest BCUT2D eigenvalue weighted by Crippen LogP contribution is 2.31. The first-order valence-electron chi connectivity index (χ1n) is 10.1. The van der Waals surface area contributed by atoms with Crippen LogP contribution in [-0.4, -0.2) is 62.8 Å². The number of aliphatic hydroxyl groups is 1. The van der Waals surface area contributed by atoms with Crippen LogP contribution < -0.4 is 10.1 Å². The van der Waals surface area contributed by atoms with Gasteiger partial charge in [0.25, 0.3) is 0 Å². The summed E-state index contributed by atoms with van der Waals surface area (Å²) in [6.07, 6.45) is 0.424. The summed E-state index contributed by atoms with van der Waals surface area (Å²) in [6.45, 7) is 5.67. The zero-order valence-corrected chi connectivity index (χ0v) is 19.6. The lowest BCUT2D eigenvalue weighted by Gasteiger charge is -2.38. The van der Waals surface area contributed by atoms with Crippen LogP contribution in [0, 0.1) is 5.82 Å². The van der Waals surface area contributed by atoms with E-state index in [1.807, 2.05) is 35.2 Å². The fourth-order valence-electron chi connectivity index (χ4n) is 3.38. The normalized spacial score (nSPS) is 15.9. The molecule has 2 aromatic rings. The van der Waals surface area contributed by atoms with Gasteiger partial charge in [0.1, 0.15) is 16.9 Å². The molecule has 0 bridgehead atoms. The summed E-state index contributed by atoms with van der Waals surface area (Å²) in [4.78, 5) is 3.17. The van der Waals surface area contributed by atoms with Gasteiger partial charge in [-0.15, -0.1) is 5.73 Å². The minimum absolute atomic E-state index is 0.0525. The van der Waals surface area contributed by atoms with Gasteiger partial charge >= 0.3 is 0 Å². The molecule has 3 N–H and O–H groups in total. The summed E-state index contributed by atoms with van der Waals surface area (Å²) in [6, 6.07) is 11.5. The van der Waals surface area contributed by atoms with Crippen molar-refractivity contribution in [1.29, 1.82) is 0 Å². The van der Waals surface area contributed by atoms with Crippen molar-refractivity contribution < 1.29 is 17.9 Å². The van der Waals surface area contributed by atoms with E-state index in [1.165, 1.54) is 7.05 Å². The Bertz CT molecular complexity index is 1160. The van der Waals surface area contributed by atoms with Crippen molar-refractivity contribution >= 4 is 33.5 Å². The van der Waals surface area contributed by atoms with Gasteiger partial charge < -0.3 is 10.0 Å². The quantitative estimate of drug-likeness (QED) is 0.297. The number of allylic oxidation sites excluding steroid dienone is 1. The summed E-state index contributed by atoms with van der Waals surface area (Å²) >= 11 is 6.12. The standard InChI is InChI=1S/C22H25ClFN5O3S/c1-3-17(15-26-27-16-7-5-4-6-8-16)28-9-11-29(12-10-28)22(30)18-13-21(33(31,32)25-2)20(24)14-19(18)23/h4-8,13-15,22,25,27,30H,1,9-12H2,2H3/b26-15-. The monoisotopic (exact) mass is 493 g/mol. The van der Waals surface area contributed by atoms with Crippen molar-refractivity contribution in [3.63, 3.8) is 0 Å². The van der Waals surface area contributed by atoms with Gasteiger partial charge in [-0.1, -0.05) is 36.4 Å². The number of sulfonamides is 1. The predicted octanol–water partition coefficient (Wildman–Crippen LogP) is 2.76. The minimum Gasteiger partial charge on any atom is -0.374 e. The Balaban J connectivity index is 1.67. The van der Waals surface area contributed by atoms with Crippen LogP contribution in [0.4, 0.5) is 10.1 Å². The Morgan fingerprint density at radius 3 is 2.55 bits per heavy atom. The molecule has 1 unspecified atom stereocenters. The van der Waals surface area contributed by atoms with Gasteiger partial charge in [0.2, 0.25) is 10.0 Å². The summed E-state index contributed by atoms with van der Waals surface area (Å²) in [7, 11) is -2.86. The first kappa shape index (κ1) is 24.9. The maximum atomic E-state index is 14.2. The van der Waals surface area contributed by atoms with Gasteiger partial charge in [0.15, 0.2) is 0 Å². The second kappa shape index (κ2) is 10.9. The molecule has 1 atom stereocenters. The van der Waals surface area contributed by atoms with E-state index in [0.29, 0.717) is 31.9 Å². The molecule has 1 saturated heterocycles. The van der Waals surface area contributed by atoms with E-state index < -0.39 is 27.0 Å². The van der Waals surface area contributed by atoms with Gasteiger partial charge in [-0.2, -0.15) is 5.10 Å². The van der Waals surface area contributed by atoms with Crippen molar-refractivity contribution in [2.24, 2.45) is 5.10 Å². The Kier molecular flexibility index (Phi) is 8.25. The maximum Gasteiger partial charge on any atom is 0.243 e. The molecule has 33 heavy (non-hydrogen) atoms. The molecule has 0 radical (unpaired) electrons. The molecular weight excluding hydrogens is 469 g/mol. The number of aliphatic hydroxyl groups excluding tert-OH is 1. The number of anilines is 1. The number of nitrogens with zero attached hydrogens (tertiary/aromatic N) is 3. The molecule has 1 aliphatic heterocycles. The smallest absolute Gasteiger partial charge is 0.243 e. The van der Waals surface area contributed by atoms with E-state index in [4.69, 9.17) is 11.6 Å². The number of para-hydroxylation sites is 1. The number of rotatable bonds is 8. The van der Waals surface area contributed by atoms with Crippen LogP contribution in [0.25, 0.3) is 0 Å². The van der Waals surface area contributed by atoms with Crippen molar-refractivity contribution in [3.8, 4) is 0 Å². The molecule has 3 rings (SSSR count). The first-order chi connectivity index (χ1) is 15.8. The Morgan fingerprint density at radius 1 is 1.27 bits per heavy atom. The van der Waals surface area contributed by atoms with Gasteiger partial charge in [-0.25, -0.2) is 17.5 Å². The molecule has 0 saturated carbocycles. The molecule has 0 aliphatic carbocycles. The van der Waals surface area contributed by atoms with E-state index >= 15 is 0 Å². The summed E-state index contributed by atoms with van der Waals surface area (Å²) < 4.78 is 40.4. The fraction of sp³-hybridized carbons (Fsp3) is 0.273. The summed E-state index contributed by atoms with van der Waals surface area (Å²) in [5.74, 6) is -0.987. The van der Waals surface area contributed by atoms with E-state index in [0.717, 1.165) is 17.8 Å². The highest BCUT2D eigenvalue weighted by atomic mass is 35.5. The van der Waals surface area contributed by atoms with E-state index in [-0.39, 0.29) is 10.6 Å². The molecule has 176 valence electrons. The highest BCUT2D eigenvalue weighted by Gasteiger charge is 2.28. The molecule has 0 amide bonds. The third kappa shape index (κ3) is 6.00. The number of halogens is 2. The third-order valence-electron chi connectivity index (χ3n) is 5.22. The van der Waals surface area contributed by atoms with Crippen molar-refractivity contribution in [1.82, 2.24) is 14.5 Å². The minimum atomic E-state index is -4.05. The van der Waals surface area contributed by atoms with E-state index in [2.05, 4.69) is 27.6 Å². The lowest BCUT2D eigenvalue weighted by molar-refractivity contribution is -0.0212. The lowest BCUT2D eigenvalue weighted by atomic mass is 10.1. The van der Waals surface area contributed by atoms with Gasteiger partial charge in [-0.3, -0.25) is 10.3 Å². The topological polar surface area (TPSA) is 97.3 Å². The molecule has 0 aromatic heterocycles. The SMILES string of the molecule is C=C=C(/C=N\Nc1ccccc1)N1CCN(C(O)c2cc(S(=O)(=O)NC)c(F)cc2Cl)CC1. The zero-order chi connectivity index (χ0) is 24.0. The molecular formula is C22H25ClFN5O3S. The lowest BCUT2D eigenvalue weighted by Crippen LogP contribution is -2.47. The second-order valence-corrected chi connectivity index (χ2v) is 9.47. The van der Waals surface area contributed by atoms with E-state index in [1.54, 1.807) is 11.1 Å². The molecule has 1 aliphatic rings. The average molecular weight is 494 g/mol. The van der Waals surface area contributed by atoms with Crippen LogP contribution in [0.2, 0.25) is 5.02 Å². The maximum absolute atomic E-state index is 14.2. The van der Waals surface area contributed by atoms with Crippen LogP contribution in [0.1, 0.15) is 11.8 Å². The van der Waals surface area contributed by atoms with Gasteiger partial charge in [0, 0.05) is 31.7 Å². The average Bonchev–Trinajstić information content (AvgIpc) is 2.82. The first-order valence-corrected chi connectivity index (χ1v) is 12.0. The number of hydrazone groups is 1. The van der Waals surface area contributed by atoms with Crippen molar-refractivity contribution in [2.75, 3.05) is 38.7 Å². The molecule has 2 aromatic carbocycles. The number of hydrogen-bond acceptors (Lipinski definition) is 7. The zero-order valence-electron chi connectivity index (χ0n) is 18.0. The fourth-order valence-corrected chi connectivity index (χ4v) is 4.45. The van der Waals surface area contributed by atoms with Crippen LogP contribution in [0.15, 0.2) is 70.5 Å². The summed E-state index contributed by atoms with van der Waals surface area (Å²) in [5.41, 5.74) is 7.46. The number of hydrogen-bond donors (Lipinski definition) is 3. The third-order valence-corrected chi connectivity index (χ3v) is 6.98. The molecule has 11 heteroatoms. The largest absolute Gasteiger partial charge is 0.374 e. The van der Waals surface area contributed by atoms with Crippen LogP contribution >= 0.6 is 11.6 Å². The molecule has 0 spiro atoms. The van der Waals surface area contributed by atoms with Gasteiger partial charge in [0.05, 0.1) is 22.6 Å².